The van der Waals surface area contributed by atoms with E-state index in [1.165, 1.54) is 0 Å². The average molecular weight is 329 g/mol. The van der Waals surface area contributed by atoms with Gasteiger partial charge in [-0.25, -0.2) is 0 Å². The normalized spacial score (nSPS) is 16.1. The highest BCUT2D eigenvalue weighted by atomic mass is 35.5. The molecule has 0 saturated carbocycles. The van der Waals surface area contributed by atoms with Crippen LogP contribution in [0.3, 0.4) is 0 Å². The van der Waals surface area contributed by atoms with E-state index in [0.717, 1.165) is 58.8 Å². The molecule has 1 aliphatic rings. The van der Waals surface area contributed by atoms with Gasteiger partial charge in [-0.15, -0.1) is 24.8 Å². The Labute approximate surface area is 135 Å². The first-order chi connectivity index (χ1) is 8.76. The molecular weight excluding hydrogens is 299 g/mol. The van der Waals surface area contributed by atoms with E-state index >= 15 is 0 Å². The standard InChI is InChI=1S/C13H28N4O.2ClH/c1-3-5-14-6-7-15-13(18)12-17-10-8-16(4-2)9-11-17;;/h14H,3-12H2,1-2H3,(H,15,18);2*1H. The fourth-order valence-electron chi connectivity index (χ4n) is 2.11. The number of nitrogens with one attached hydrogen (secondary N) is 2. The van der Waals surface area contributed by atoms with Gasteiger partial charge in [-0.2, -0.15) is 0 Å². The Kier molecular flexibility index (Phi) is 15.4. The van der Waals surface area contributed by atoms with Crippen molar-refractivity contribution >= 4 is 30.7 Å². The van der Waals surface area contributed by atoms with Crippen LogP contribution in [0.4, 0.5) is 0 Å². The van der Waals surface area contributed by atoms with Crippen molar-refractivity contribution in [1.82, 2.24) is 20.4 Å². The van der Waals surface area contributed by atoms with Crippen LogP contribution < -0.4 is 10.6 Å². The van der Waals surface area contributed by atoms with E-state index < -0.39 is 0 Å². The van der Waals surface area contributed by atoms with Gasteiger partial charge in [-0.05, 0) is 19.5 Å². The summed E-state index contributed by atoms with van der Waals surface area (Å²) in [6, 6.07) is 0. The Morgan fingerprint density at radius 2 is 1.55 bits per heavy atom. The second kappa shape index (κ2) is 13.9. The number of hydrogen-bond donors (Lipinski definition) is 2. The minimum absolute atomic E-state index is 0. The maximum atomic E-state index is 11.7. The molecule has 1 amide bonds. The van der Waals surface area contributed by atoms with E-state index in [2.05, 4.69) is 34.3 Å². The molecule has 0 aliphatic carbocycles. The van der Waals surface area contributed by atoms with Crippen LogP contribution >= 0.6 is 24.8 Å². The Morgan fingerprint density at radius 1 is 0.950 bits per heavy atom. The minimum atomic E-state index is 0. The van der Waals surface area contributed by atoms with Crippen LogP contribution in [0, 0.1) is 0 Å². The average Bonchev–Trinajstić information content (AvgIpc) is 2.39. The zero-order valence-electron chi connectivity index (χ0n) is 12.7. The maximum absolute atomic E-state index is 11.7. The number of nitrogens with zero attached hydrogens (tertiary/aromatic N) is 2. The molecule has 0 spiro atoms. The molecule has 0 aromatic rings. The molecule has 1 rings (SSSR count). The molecule has 5 nitrogen and oxygen atoms in total. The van der Waals surface area contributed by atoms with E-state index in [4.69, 9.17) is 0 Å². The lowest BCUT2D eigenvalue weighted by Crippen LogP contribution is -2.49. The summed E-state index contributed by atoms with van der Waals surface area (Å²) in [5, 5.41) is 6.23. The molecule has 0 aromatic heterocycles. The topological polar surface area (TPSA) is 47.6 Å². The van der Waals surface area contributed by atoms with Crippen molar-refractivity contribution in [3.05, 3.63) is 0 Å². The predicted molar refractivity (Wildman–Crippen MR) is 89.2 cm³/mol. The number of rotatable bonds is 8. The first kappa shape index (κ1) is 22.2. The first-order valence-electron chi connectivity index (χ1n) is 7.18. The number of amides is 1. The van der Waals surface area contributed by atoms with Crippen LogP contribution in [0.2, 0.25) is 0 Å². The zero-order valence-corrected chi connectivity index (χ0v) is 14.3. The lowest BCUT2D eigenvalue weighted by molar-refractivity contribution is -0.122. The van der Waals surface area contributed by atoms with Gasteiger partial charge in [0.15, 0.2) is 0 Å². The molecule has 0 bridgehead atoms. The van der Waals surface area contributed by atoms with Crippen LogP contribution in [0.1, 0.15) is 20.3 Å². The highest BCUT2D eigenvalue weighted by Gasteiger charge is 2.17. The van der Waals surface area contributed by atoms with Gasteiger partial charge in [0.05, 0.1) is 6.54 Å². The summed E-state index contributed by atoms with van der Waals surface area (Å²) in [6.45, 7) is 12.8. The molecule has 1 saturated heterocycles. The molecule has 1 aliphatic heterocycles. The molecule has 0 radical (unpaired) electrons. The van der Waals surface area contributed by atoms with E-state index in [0.29, 0.717) is 6.54 Å². The summed E-state index contributed by atoms with van der Waals surface area (Å²) < 4.78 is 0. The van der Waals surface area contributed by atoms with Gasteiger partial charge < -0.3 is 15.5 Å². The molecule has 0 aromatic carbocycles. The summed E-state index contributed by atoms with van der Waals surface area (Å²) in [5.74, 6) is 0.151. The smallest absolute Gasteiger partial charge is 0.234 e. The fourth-order valence-corrected chi connectivity index (χ4v) is 2.11. The second-order valence-corrected chi connectivity index (χ2v) is 4.81. The van der Waals surface area contributed by atoms with E-state index in [-0.39, 0.29) is 30.7 Å². The third kappa shape index (κ3) is 9.77. The van der Waals surface area contributed by atoms with Crippen molar-refractivity contribution in [3.8, 4) is 0 Å². The van der Waals surface area contributed by atoms with Crippen molar-refractivity contribution in [2.24, 2.45) is 0 Å². The number of hydrogen-bond acceptors (Lipinski definition) is 4. The molecular formula is C13H30Cl2N4O. The number of carbonyl (C=O) groups is 1. The largest absolute Gasteiger partial charge is 0.354 e. The van der Waals surface area contributed by atoms with E-state index in [1.54, 1.807) is 0 Å². The lowest BCUT2D eigenvalue weighted by atomic mass is 10.3. The SMILES string of the molecule is CCCNCCNC(=O)CN1CCN(CC)CC1.Cl.Cl. The monoisotopic (exact) mass is 328 g/mol. The summed E-state index contributed by atoms with van der Waals surface area (Å²) in [7, 11) is 0. The lowest BCUT2D eigenvalue weighted by Gasteiger charge is -2.33. The van der Waals surface area contributed by atoms with Crippen LogP contribution in [-0.2, 0) is 4.79 Å². The van der Waals surface area contributed by atoms with Gasteiger partial charge in [0.1, 0.15) is 0 Å². The van der Waals surface area contributed by atoms with Crippen LogP contribution in [-0.4, -0.2) is 74.6 Å². The van der Waals surface area contributed by atoms with Gasteiger partial charge in [0.2, 0.25) is 5.91 Å². The van der Waals surface area contributed by atoms with Crippen LogP contribution in [0.15, 0.2) is 0 Å². The van der Waals surface area contributed by atoms with Gasteiger partial charge in [0, 0.05) is 39.3 Å². The molecule has 1 heterocycles. The summed E-state index contributed by atoms with van der Waals surface area (Å²) >= 11 is 0. The van der Waals surface area contributed by atoms with Crippen molar-refractivity contribution in [1.29, 1.82) is 0 Å². The second-order valence-electron chi connectivity index (χ2n) is 4.81. The quantitative estimate of drug-likeness (QED) is 0.640. The van der Waals surface area contributed by atoms with Crippen molar-refractivity contribution in [3.63, 3.8) is 0 Å². The number of likely N-dealkylation sites (N-methyl/N-ethyl adjacent to an activating group) is 1. The third-order valence-electron chi connectivity index (χ3n) is 3.33. The molecule has 20 heavy (non-hydrogen) atoms. The number of carbonyl (C=O) groups excluding carboxylic acids is 1. The molecule has 7 heteroatoms. The molecule has 0 unspecified atom stereocenters. The maximum Gasteiger partial charge on any atom is 0.234 e. The third-order valence-corrected chi connectivity index (χ3v) is 3.33. The molecule has 0 atom stereocenters. The summed E-state index contributed by atoms with van der Waals surface area (Å²) in [4.78, 5) is 16.4. The zero-order chi connectivity index (χ0) is 13.2. The Morgan fingerprint density at radius 3 is 2.10 bits per heavy atom. The summed E-state index contributed by atoms with van der Waals surface area (Å²) in [6.07, 6.45) is 1.13. The van der Waals surface area contributed by atoms with Gasteiger partial charge in [-0.1, -0.05) is 13.8 Å². The first-order valence-corrected chi connectivity index (χ1v) is 7.18. The van der Waals surface area contributed by atoms with E-state index in [1.807, 2.05) is 0 Å². The van der Waals surface area contributed by atoms with Crippen molar-refractivity contribution in [2.75, 3.05) is 58.9 Å². The molecule has 1 fully saturated rings. The fraction of sp³-hybridized carbons (Fsp3) is 0.923. The van der Waals surface area contributed by atoms with E-state index in [9.17, 15) is 4.79 Å². The van der Waals surface area contributed by atoms with Crippen LogP contribution in [0.5, 0.6) is 0 Å². The van der Waals surface area contributed by atoms with Gasteiger partial charge in [-0.3, -0.25) is 9.69 Å². The highest BCUT2D eigenvalue weighted by Crippen LogP contribution is 2.00. The predicted octanol–water partition coefficient (Wildman–Crippen LogP) is 0.583. The number of halogens is 2. The van der Waals surface area contributed by atoms with Crippen LogP contribution in [0.25, 0.3) is 0 Å². The Hall–Kier alpha value is -0.0700. The molecule has 2 N–H and O–H groups in total. The van der Waals surface area contributed by atoms with Crippen molar-refractivity contribution in [2.45, 2.75) is 20.3 Å². The number of piperazine rings is 1. The van der Waals surface area contributed by atoms with Crippen molar-refractivity contribution < 1.29 is 4.79 Å². The Balaban J connectivity index is 0. The van der Waals surface area contributed by atoms with Gasteiger partial charge >= 0.3 is 0 Å². The van der Waals surface area contributed by atoms with Gasteiger partial charge in [0.25, 0.3) is 0 Å². The highest BCUT2D eigenvalue weighted by molar-refractivity contribution is 5.85. The summed E-state index contributed by atoms with van der Waals surface area (Å²) in [5.41, 5.74) is 0. The Bertz CT molecular complexity index is 236. The minimum Gasteiger partial charge on any atom is -0.354 e. The molecule has 122 valence electrons.